The maximum absolute atomic E-state index is 5.48. The van der Waals surface area contributed by atoms with Gasteiger partial charge >= 0.3 is 0 Å². The monoisotopic (exact) mass is 269 g/mol. The molecule has 0 atom stereocenters. The van der Waals surface area contributed by atoms with Crippen molar-refractivity contribution in [2.24, 2.45) is 11.1 Å². The zero-order valence-corrected chi connectivity index (χ0v) is 14.0. The third kappa shape index (κ3) is 18.0. The van der Waals surface area contributed by atoms with Crippen molar-refractivity contribution in [2.75, 3.05) is 6.54 Å². The van der Waals surface area contributed by atoms with E-state index in [9.17, 15) is 0 Å². The Labute approximate surface area is 122 Å². The highest BCUT2D eigenvalue weighted by Gasteiger charge is 2.08. The topological polar surface area (TPSA) is 26.0 Å². The molecule has 0 aromatic heterocycles. The van der Waals surface area contributed by atoms with Gasteiger partial charge in [-0.1, -0.05) is 91.4 Å². The summed E-state index contributed by atoms with van der Waals surface area (Å²) in [4.78, 5) is 0. The Morgan fingerprint density at radius 1 is 0.526 bits per heavy atom. The van der Waals surface area contributed by atoms with Crippen LogP contribution in [0.4, 0.5) is 0 Å². The van der Waals surface area contributed by atoms with Crippen LogP contribution in [0, 0.1) is 5.41 Å². The molecule has 0 rings (SSSR count). The number of hydrogen-bond acceptors (Lipinski definition) is 1. The Bertz CT molecular complexity index is 169. The maximum atomic E-state index is 5.48. The highest BCUT2D eigenvalue weighted by Crippen LogP contribution is 2.22. The van der Waals surface area contributed by atoms with E-state index in [1.54, 1.807) is 0 Å². The summed E-state index contributed by atoms with van der Waals surface area (Å²) in [6.07, 6.45) is 18.3. The lowest BCUT2D eigenvalue weighted by Crippen LogP contribution is -2.03. The van der Waals surface area contributed by atoms with E-state index in [4.69, 9.17) is 5.73 Å². The first-order valence-electron chi connectivity index (χ1n) is 8.76. The Morgan fingerprint density at radius 2 is 0.842 bits per heavy atom. The molecule has 0 radical (unpaired) electrons. The molecule has 0 saturated carbocycles. The molecule has 116 valence electrons. The standard InChI is InChI=1S/C18H39N/c1-18(2,3)16-14-12-10-8-6-4-5-7-9-11-13-15-17-19/h4-17,19H2,1-3H3. The van der Waals surface area contributed by atoms with E-state index in [-0.39, 0.29) is 0 Å². The van der Waals surface area contributed by atoms with Gasteiger partial charge in [0.2, 0.25) is 0 Å². The van der Waals surface area contributed by atoms with Crippen LogP contribution in [0.1, 0.15) is 104 Å². The van der Waals surface area contributed by atoms with Crippen LogP contribution < -0.4 is 5.73 Å². The molecule has 1 nitrogen and oxygen atoms in total. The van der Waals surface area contributed by atoms with Gasteiger partial charge in [0, 0.05) is 0 Å². The summed E-state index contributed by atoms with van der Waals surface area (Å²) in [7, 11) is 0. The SMILES string of the molecule is CC(C)(C)CCCCCCCCCCCCCCN. The zero-order chi connectivity index (χ0) is 14.4. The minimum atomic E-state index is 0.532. The molecule has 0 spiro atoms. The van der Waals surface area contributed by atoms with E-state index in [0.29, 0.717) is 5.41 Å². The van der Waals surface area contributed by atoms with Crippen LogP contribution in [-0.4, -0.2) is 6.54 Å². The van der Waals surface area contributed by atoms with Gasteiger partial charge < -0.3 is 5.73 Å². The molecule has 0 amide bonds. The third-order valence-corrected chi connectivity index (χ3v) is 3.88. The summed E-state index contributed by atoms with van der Waals surface area (Å²) in [5.74, 6) is 0. The summed E-state index contributed by atoms with van der Waals surface area (Å²) in [6.45, 7) is 7.91. The molecule has 0 saturated heterocycles. The van der Waals surface area contributed by atoms with Gasteiger partial charge in [-0.3, -0.25) is 0 Å². The molecule has 1 heteroatoms. The molecule has 0 aliphatic carbocycles. The van der Waals surface area contributed by atoms with E-state index >= 15 is 0 Å². The number of hydrogen-bond donors (Lipinski definition) is 1. The summed E-state index contributed by atoms with van der Waals surface area (Å²) >= 11 is 0. The quantitative estimate of drug-likeness (QED) is 0.404. The summed E-state index contributed by atoms with van der Waals surface area (Å²) in [6, 6.07) is 0. The predicted molar refractivity (Wildman–Crippen MR) is 88.5 cm³/mol. The van der Waals surface area contributed by atoms with Crippen LogP contribution in [0.15, 0.2) is 0 Å². The lowest BCUT2D eigenvalue weighted by molar-refractivity contribution is 0.356. The lowest BCUT2D eigenvalue weighted by atomic mass is 9.89. The van der Waals surface area contributed by atoms with E-state index in [2.05, 4.69) is 20.8 Å². The van der Waals surface area contributed by atoms with Gasteiger partial charge in [0.25, 0.3) is 0 Å². The molecule has 0 fully saturated rings. The number of rotatable bonds is 13. The van der Waals surface area contributed by atoms with Gasteiger partial charge in [-0.15, -0.1) is 0 Å². The zero-order valence-electron chi connectivity index (χ0n) is 14.0. The average molecular weight is 270 g/mol. The Balaban J connectivity index is 2.99. The highest BCUT2D eigenvalue weighted by atomic mass is 14.5. The second-order valence-corrected chi connectivity index (χ2v) is 7.34. The molecule has 0 aliphatic rings. The van der Waals surface area contributed by atoms with Crippen molar-refractivity contribution in [3.05, 3.63) is 0 Å². The fourth-order valence-corrected chi connectivity index (χ4v) is 2.57. The van der Waals surface area contributed by atoms with Crippen molar-refractivity contribution in [2.45, 2.75) is 104 Å². The molecular weight excluding hydrogens is 230 g/mol. The lowest BCUT2D eigenvalue weighted by Gasteiger charge is -2.17. The van der Waals surface area contributed by atoms with Crippen molar-refractivity contribution in [3.63, 3.8) is 0 Å². The van der Waals surface area contributed by atoms with Crippen molar-refractivity contribution in [1.82, 2.24) is 0 Å². The van der Waals surface area contributed by atoms with Crippen molar-refractivity contribution in [1.29, 1.82) is 0 Å². The maximum Gasteiger partial charge on any atom is -0.00773 e. The molecule has 0 bridgehead atoms. The molecule has 0 aromatic rings. The molecule has 0 aromatic carbocycles. The van der Waals surface area contributed by atoms with Crippen molar-refractivity contribution in [3.8, 4) is 0 Å². The molecule has 2 N–H and O–H groups in total. The van der Waals surface area contributed by atoms with Crippen LogP contribution in [0.25, 0.3) is 0 Å². The Hall–Kier alpha value is -0.0400. The van der Waals surface area contributed by atoms with Gasteiger partial charge in [0.15, 0.2) is 0 Å². The summed E-state index contributed by atoms with van der Waals surface area (Å²) in [5, 5.41) is 0. The summed E-state index contributed by atoms with van der Waals surface area (Å²) < 4.78 is 0. The number of unbranched alkanes of at least 4 members (excludes halogenated alkanes) is 11. The minimum absolute atomic E-state index is 0.532. The highest BCUT2D eigenvalue weighted by molar-refractivity contribution is 4.61. The normalized spacial score (nSPS) is 12.0. The summed E-state index contributed by atoms with van der Waals surface area (Å²) in [5.41, 5.74) is 6.01. The third-order valence-electron chi connectivity index (χ3n) is 3.88. The smallest absolute Gasteiger partial charge is 0.00773 e. The second-order valence-electron chi connectivity index (χ2n) is 7.34. The first-order valence-corrected chi connectivity index (χ1v) is 8.76. The molecule has 19 heavy (non-hydrogen) atoms. The van der Waals surface area contributed by atoms with Crippen LogP contribution >= 0.6 is 0 Å². The first kappa shape index (κ1) is 19.0. The predicted octanol–water partition coefficient (Wildman–Crippen LogP) is 6.06. The number of nitrogens with two attached hydrogens (primary N) is 1. The van der Waals surface area contributed by atoms with E-state index in [1.165, 1.54) is 83.5 Å². The Morgan fingerprint density at radius 3 is 1.16 bits per heavy atom. The van der Waals surface area contributed by atoms with Gasteiger partial charge in [0.05, 0.1) is 0 Å². The Kier molecular flexibility index (Phi) is 12.9. The van der Waals surface area contributed by atoms with Gasteiger partial charge in [-0.25, -0.2) is 0 Å². The molecular formula is C18H39N. The van der Waals surface area contributed by atoms with Crippen LogP contribution in [0.3, 0.4) is 0 Å². The van der Waals surface area contributed by atoms with Crippen LogP contribution in [0.2, 0.25) is 0 Å². The second kappa shape index (κ2) is 13.0. The van der Waals surface area contributed by atoms with Gasteiger partial charge in [-0.2, -0.15) is 0 Å². The molecule has 0 heterocycles. The average Bonchev–Trinajstić information content (AvgIpc) is 2.34. The van der Waals surface area contributed by atoms with Crippen LogP contribution in [0.5, 0.6) is 0 Å². The molecule has 0 unspecified atom stereocenters. The fourth-order valence-electron chi connectivity index (χ4n) is 2.57. The van der Waals surface area contributed by atoms with E-state index in [0.717, 1.165) is 6.54 Å². The largest absolute Gasteiger partial charge is 0.330 e. The minimum Gasteiger partial charge on any atom is -0.330 e. The van der Waals surface area contributed by atoms with E-state index in [1.807, 2.05) is 0 Å². The van der Waals surface area contributed by atoms with Gasteiger partial charge in [-0.05, 0) is 24.8 Å². The first-order chi connectivity index (χ1) is 9.06. The molecule has 0 aliphatic heterocycles. The fraction of sp³-hybridized carbons (Fsp3) is 1.00. The van der Waals surface area contributed by atoms with Crippen molar-refractivity contribution < 1.29 is 0 Å². The van der Waals surface area contributed by atoms with Crippen LogP contribution in [-0.2, 0) is 0 Å². The van der Waals surface area contributed by atoms with Gasteiger partial charge in [0.1, 0.15) is 0 Å². The van der Waals surface area contributed by atoms with E-state index < -0.39 is 0 Å². The van der Waals surface area contributed by atoms with Crippen molar-refractivity contribution >= 4 is 0 Å².